The highest BCUT2D eigenvalue weighted by molar-refractivity contribution is 6.02. The second kappa shape index (κ2) is 6.35. The van der Waals surface area contributed by atoms with Crippen LogP contribution in [0.1, 0.15) is 28.4 Å². The Morgan fingerprint density at radius 3 is 2.62 bits per heavy atom. The molecule has 0 bridgehead atoms. The fourth-order valence-corrected chi connectivity index (χ4v) is 2.64. The predicted octanol–water partition coefficient (Wildman–Crippen LogP) is 2.67. The average molecular weight is 324 g/mol. The number of anilines is 1. The Bertz CT molecular complexity index is 784. The van der Waals surface area contributed by atoms with Gasteiger partial charge in [0.15, 0.2) is 6.10 Å². The third-order valence-electron chi connectivity index (χ3n) is 4.14. The zero-order chi connectivity index (χ0) is 17.3. The van der Waals surface area contributed by atoms with Crippen LogP contribution >= 0.6 is 0 Å². The molecule has 1 N–H and O–H groups in total. The smallest absolute Gasteiger partial charge is 0.267 e. The Morgan fingerprint density at radius 1 is 1.21 bits per heavy atom. The fraction of sp³-hybridized carbons (Fsp3) is 0.263. The van der Waals surface area contributed by atoms with Crippen LogP contribution in [0.3, 0.4) is 0 Å². The van der Waals surface area contributed by atoms with Crippen molar-refractivity contribution in [3.8, 4) is 5.75 Å². The number of likely N-dealkylation sites (N-methyl/N-ethyl adjacent to an activating group) is 1. The highest BCUT2D eigenvalue weighted by atomic mass is 16.5. The number of carbonyl (C=O) groups excluding carboxylic acids is 2. The lowest BCUT2D eigenvalue weighted by atomic mass is 10.1. The minimum atomic E-state index is -0.510. The highest BCUT2D eigenvalue weighted by Crippen LogP contribution is 2.33. The Hall–Kier alpha value is -2.82. The average Bonchev–Trinajstić information content (AvgIpc) is 2.59. The number of hydrogen-bond donors (Lipinski definition) is 1. The summed E-state index contributed by atoms with van der Waals surface area (Å²) in [4.78, 5) is 25.9. The lowest BCUT2D eigenvalue weighted by Crippen LogP contribution is -2.42. The molecule has 1 atom stereocenters. The van der Waals surface area contributed by atoms with Gasteiger partial charge in [0.25, 0.3) is 11.8 Å². The molecule has 3 rings (SSSR count). The minimum absolute atomic E-state index is 0.125. The molecule has 2 aromatic rings. The van der Waals surface area contributed by atoms with E-state index in [1.54, 1.807) is 32.2 Å². The van der Waals surface area contributed by atoms with E-state index in [1.807, 2.05) is 31.2 Å². The minimum Gasteiger partial charge on any atom is -0.479 e. The first-order valence-corrected chi connectivity index (χ1v) is 7.88. The molecule has 1 aliphatic rings. The Labute approximate surface area is 141 Å². The summed E-state index contributed by atoms with van der Waals surface area (Å²) in [5.74, 6) is 0.303. The van der Waals surface area contributed by atoms with Gasteiger partial charge in [0.1, 0.15) is 5.75 Å². The van der Waals surface area contributed by atoms with Gasteiger partial charge >= 0.3 is 0 Å². The van der Waals surface area contributed by atoms with E-state index < -0.39 is 6.10 Å². The van der Waals surface area contributed by atoms with E-state index in [9.17, 15) is 9.59 Å². The van der Waals surface area contributed by atoms with Crippen molar-refractivity contribution in [3.63, 3.8) is 0 Å². The van der Waals surface area contributed by atoms with Gasteiger partial charge in [-0.05, 0) is 37.6 Å². The summed E-state index contributed by atoms with van der Waals surface area (Å²) in [6.07, 6.45) is -0.510. The normalized spacial score (nSPS) is 16.4. The molecule has 1 unspecified atom stereocenters. The summed E-state index contributed by atoms with van der Waals surface area (Å²) in [6.45, 7) is 4.19. The number of aryl methyl sites for hydroxylation is 1. The summed E-state index contributed by atoms with van der Waals surface area (Å²) in [7, 11) is 1.69. The molecule has 0 spiro atoms. The van der Waals surface area contributed by atoms with Crippen LogP contribution in [0.15, 0.2) is 42.5 Å². The maximum atomic E-state index is 12.4. The van der Waals surface area contributed by atoms with Crippen LogP contribution in [0.2, 0.25) is 0 Å². The summed E-state index contributed by atoms with van der Waals surface area (Å²) in [6, 6.07) is 13.1. The van der Waals surface area contributed by atoms with E-state index in [4.69, 9.17) is 4.74 Å². The molecule has 2 aromatic carbocycles. The molecule has 0 radical (unpaired) electrons. The maximum absolute atomic E-state index is 12.4. The van der Waals surface area contributed by atoms with Crippen molar-refractivity contribution in [2.75, 3.05) is 11.9 Å². The SMILES string of the molecule is Cc1ccc(CNC(=O)c2ccc3c(c2)N(C)C(=O)C(C)O3)cc1. The summed E-state index contributed by atoms with van der Waals surface area (Å²) < 4.78 is 5.57. The second-order valence-electron chi connectivity index (χ2n) is 6.01. The van der Waals surface area contributed by atoms with Crippen molar-refractivity contribution in [2.45, 2.75) is 26.5 Å². The summed E-state index contributed by atoms with van der Waals surface area (Å²) >= 11 is 0. The molecular formula is C19H20N2O3. The lowest BCUT2D eigenvalue weighted by Gasteiger charge is -2.30. The Morgan fingerprint density at radius 2 is 1.92 bits per heavy atom. The van der Waals surface area contributed by atoms with Crippen LogP contribution < -0.4 is 15.0 Å². The van der Waals surface area contributed by atoms with Gasteiger partial charge in [-0.2, -0.15) is 0 Å². The zero-order valence-corrected chi connectivity index (χ0v) is 14.0. The van der Waals surface area contributed by atoms with Crippen molar-refractivity contribution >= 4 is 17.5 Å². The number of ether oxygens (including phenoxy) is 1. The van der Waals surface area contributed by atoms with Crippen LogP contribution in [-0.2, 0) is 11.3 Å². The number of carbonyl (C=O) groups is 2. The van der Waals surface area contributed by atoms with Crippen molar-refractivity contribution < 1.29 is 14.3 Å². The molecular weight excluding hydrogens is 304 g/mol. The number of fused-ring (bicyclic) bond motifs is 1. The highest BCUT2D eigenvalue weighted by Gasteiger charge is 2.29. The topological polar surface area (TPSA) is 58.6 Å². The van der Waals surface area contributed by atoms with Crippen LogP contribution in [0, 0.1) is 6.92 Å². The molecule has 0 saturated carbocycles. The first-order chi connectivity index (χ1) is 11.5. The van der Waals surface area contributed by atoms with Crippen molar-refractivity contribution in [3.05, 3.63) is 59.2 Å². The molecule has 0 fully saturated rings. The van der Waals surface area contributed by atoms with Crippen LogP contribution in [0.4, 0.5) is 5.69 Å². The van der Waals surface area contributed by atoms with Gasteiger partial charge < -0.3 is 15.0 Å². The zero-order valence-electron chi connectivity index (χ0n) is 14.0. The molecule has 24 heavy (non-hydrogen) atoms. The van der Waals surface area contributed by atoms with E-state index >= 15 is 0 Å². The van der Waals surface area contributed by atoms with Gasteiger partial charge in [0, 0.05) is 19.2 Å². The number of nitrogens with one attached hydrogen (secondary N) is 1. The molecule has 1 heterocycles. The number of nitrogens with zero attached hydrogens (tertiary/aromatic N) is 1. The quantitative estimate of drug-likeness (QED) is 0.944. The monoisotopic (exact) mass is 324 g/mol. The van der Waals surface area contributed by atoms with Gasteiger partial charge in [0.05, 0.1) is 5.69 Å². The number of amides is 2. The van der Waals surface area contributed by atoms with Crippen molar-refractivity contribution in [2.24, 2.45) is 0 Å². The van der Waals surface area contributed by atoms with E-state index in [0.29, 0.717) is 23.5 Å². The molecule has 124 valence electrons. The number of hydrogen-bond acceptors (Lipinski definition) is 3. The van der Waals surface area contributed by atoms with Crippen molar-refractivity contribution in [1.29, 1.82) is 0 Å². The van der Waals surface area contributed by atoms with E-state index in [2.05, 4.69) is 5.32 Å². The summed E-state index contributed by atoms with van der Waals surface area (Å²) in [5.41, 5.74) is 3.33. The molecule has 2 amide bonds. The molecule has 0 aromatic heterocycles. The van der Waals surface area contributed by atoms with Gasteiger partial charge in [-0.25, -0.2) is 0 Å². The summed E-state index contributed by atoms with van der Waals surface area (Å²) in [5, 5.41) is 2.89. The standard InChI is InChI=1S/C19H20N2O3/c1-12-4-6-14(7-5-12)11-20-18(22)15-8-9-17-16(10-15)21(3)19(23)13(2)24-17/h4-10,13H,11H2,1-3H3,(H,20,22). The number of benzene rings is 2. The molecule has 0 aliphatic carbocycles. The first kappa shape index (κ1) is 16.1. The second-order valence-corrected chi connectivity index (χ2v) is 6.01. The maximum Gasteiger partial charge on any atom is 0.267 e. The Balaban J connectivity index is 1.74. The third kappa shape index (κ3) is 3.11. The van der Waals surface area contributed by atoms with Gasteiger partial charge in [0.2, 0.25) is 0 Å². The fourth-order valence-electron chi connectivity index (χ4n) is 2.64. The lowest BCUT2D eigenvalue weighted by molar-refractivity contribution is -0.125. The number of rotatable bonds is 3. The largest absolute Gasteiger partial charge is 0.479 e. The van der Waals surface area contributed by atoms with Crippen LogP contribution in [0.5, 0.6) is 5.75 Å². The van der Waals surface area contributed by atoms with Crippen LogP contribution in [-0.4, -0.2) is 25.0 Å². The Kier molecular flexibility index (Phi) is 4.25. The van der Waals surface area contributed by atoms with E-state index in [-0.39, 0.29) is 11.8 Å². The molecule has 1 aliphatic heterocycles. The van der Waals surface area contributed by atoms with E-state index in [0.717, 1.165) is 5.56 Å². The van der Waals surface area contributed by atoms with Crippen LogP contribution in [0.25, 0.3) is 0 Å². The molecule has 0 saturated heterocycles. The van der Waals surface area contributed by atoms with Gasteiger partial charge in [-0.15, -0.1) is 0 Å². The predicted molar refractivity (Wildman–Crippen MR) is 92.3 cm³/mol. The van der Waals surface area contributed by atoms with Gasteiger partial charge in [-0.3, -0.25) is 9.59 Å². The van der Waals surface area contributed by atoms with Crippen molar-refractivity contribution in [1.82, 2.24) is 5.32 Å². The molecule has 5 heteroatoms. The van der Waals surface area contributed by atoms with E-state index in [1.165, 1.54) is 10.5 Å². The third-order valence-corrected chi connectivity index (χ3v) is 4.14. The first-order valence-electron chi connectivity index (χ1n) is 7.88. The molecule has 5 nitrogen and oxygen atoms in total. The van der Waals surface area contributed by atoms with Gasteiger partial charge in [-0.1, -0.05) is 29.8 Å².